The molecular formula is C21H26N2O6S. The Balaban J connectivity index is 1.75. The summed E-state index contributed by atoms with van der Waals surface area (Å²) in [6.07, 6.45) is 0.520. The Morgan fingerprint density at radius 3 is 2.23 bits per heavy atom. The highest BCUT2D eigenvalue weighted by atomic mass is 32.2. The highest BCUT2D eigenvalue weighted by molar-refractivity contribution is 7.89. The van der Waals surface area contributed by atoms with E-state index in [1.807, 2.05) is 0 Å². The molecule has 1 aliphatic rings. The molecule has 9 heteroatoms. The first-order valence-corrected chi connectivity index (χ1v) is 11.2. The number of piperidine rings is 1. The van der Waals surface area contributed by atoms with E-state index in [0.717, 1.165) is 0 Å². The van der Waals surface area contributed by atoms with Gasteiger partial charge in [-0.3, -0.25) is 0 Å². The van der Waals surface area contributed by atoms with Gasteiger partial charge in [-0.1, -0.05) is 24.3 Å². The Kier molecular flexibility index (Phi) is 6.05. The van der Waals surface area contributed by atoms with Crippen LogP contribution in [0.4, 0.5) is 4.79 Å². The van der Waals surface area contributed by atoms with Crippen LogP contribution in [0.15, 0.2) is 41.3 Å². The molecule has 162 valence electrons. The van der Waals surface area contributed by atoms with E-state index in [2.05, 4.69) is 4.72 Å². The van der Waals surface area contributed by atoms with Crippen LogP contribution in [0, 0.1) is 0 Å². The average Bonchev–Trinajstić information content (AvgIpc) is 2.65. The van der Waals surface area contributed by atoms with Gasteiger partial charge in [0.1, 0.15) is 5.60 Å². The third kappa shape index (κ3) is 4.91. The van der Waals surface area contributed by atoms with Gasteiger partial charge in [0.05, 0.1) is 10.5 Å². The number of carbonyl (C=O) groups excluding carboxylic acids is 1. The van der Waals surface area contributed by atoms with Gasteiger partial charge in [-0.05, 0) is 51.1 Å². The summed E-state index contributed by atoms with van der Waals surface area (Å²) < 4.78 is 34.1. The lowest BCUT2D eigenvalue weighted by Crippen LogP contribution is -2.47. The zero-order valence-corrected chi connectivity index (χ0v) is 18.0. The molecule has 8 nitrogen and oxygen atoms in total. The van der Waals surface area contributed by atoms with Crippen LogP contribution >= 0.6 is 0 Å². The number of nitrogens with zero attached hydrogens (tertiary/aromatic N) is 1. The first kappa shape index (κ1) is 22.0. The van der Waals surface area contributed by atoms with Crippen molar-refractivity contribution in [3.63, 3.8) is 0 Å². The average molecular weight is 435 g/mol. The van der Waals surface area contributed by atoms with E-state index in [0.29, 0.717) is 36.7 Å². The highest BCUT2D eigenvalue weighted by Crippen LogP contribution is 2.27. The van der Waals surface area contributed by atoms with E-state index < -0.39 is 27.7 Å². The maximum Gasteiger partial charge on any atom is 0.410 e. The van der Waals surface area contributed by atoms with Crippen LogP contribution in [0.2, 0.25) is 0 Å². The van der Waals surface area contributed by atoms with Crippen molar-refractivity contribution in [3.8, 4) is 0 Å². The number of likely N-dealkylation sites (tertiary alicyclic amines) is 1. The van der Waals surface area contributed by atoms with Crippen LogP contribution in [0.25, 0.3) is 10.8 Å². The number of sulfonamides is 1. The van der Waals surface area contributed by atoms with E-state index in [1.54, 1.807) is 49.9 Å². The Morgan fingerprint density at radius 1 is 1.07 bits per heavy atom. The van der Waals surface area contributed by atoms with Crippen molar-refractivity contribution in [2.75, 3.05) is 13.1 Å². The standard InChI is InChI=1S/C21H26N2O6S/c1-21(2,3)29-20(26)23-12-10-14(11-13-23)22-30(27,28)18-9-8-17(19(24)25)15-6-4-5-7-16(15)18/h4-9,14,22H,10-13H2,1-3H3,(H,24,25). The second-order valence-corrected chi connectivity index (χ2v) is 10.0. The molecule has 0 aromatic heterocycles. The number of amides is 1. The molecule has 1 saturated heterocycles. The fraction of sp³-hybridized carbons (Fsp3) is 0.429. The highest BCUT2D eigenvalue weighted by Gasteiger charge is 2.30. The monoisotopic (exact) mass is 434 g/mol. The first-order chi connectivity index (χ1) is 14.0. The van der Waals surface area contributed by atoms with Crippen LogP contribution in [0.1, 0.15) is 44.0 Å². The predicted molar refractivity (Wildman–Crippen MR) is 112 cm³/mol. The summed E-state index contributed by atoms with van der Waals surface area (Å²) >= 11 is 0. The second kappa shape index (κ2) is 8.23. The SMILES string of the molecule is CC(C)(C)OC(=O)N1CCC(NS(=O)(=O)c2ccc(C(=O)O)c3ccccc23)CC1. The Morgan fingerprint density at radius 2 is 1.67 bits per heavy atom. The van der Waals surface area contributed by atoms with Crippen molar-refractivity contribution < 1.29 is 27.9 Å². The minimum Gasteiger partial charge on any atom is -0.478 e. The second-order valence-electron chi connectivity index (χ2n) is 8.32. The summed E-state index contributed by atoms with van der Waals surface area (Å²) in [4.78, 5) is 25.3. The van der Waals surface area contributed by atoms with Gasteiger partial charge >= 0.3 is 12.1 Å². The Labute approximate surface area is 175 Å². The van der Waals surface area contributed by atoms with Crippen LogP contribution in [-0.4, -0.2) is 55.2 Å². The lowest BCUT2D eigenvalue weighted by atomic mass is 10.0. The van der Waals surface area contributed by atoms with Gasteiger partial charge < -0.3 is 14.7 Å². The molecule has 0 aliphatic carbocycles. The van der Waals surface area contributed by atoms with Crippen molar-refractivity contribution in [1.29, 1.82) is 0 Å². The number of carboxylic acids is 1. The zero-order valence-electron chi connectivity index (χ0n) is 17.2. The smallest absolute Gasteiger partial charge is 0.410 e. The fourth-order valence-electron chi connectivity index (χ4n) is 3.48. The molecule has 2 aromatic rings. The topological polar surface area (TPSA) is 113 Å². The number of carbonyl (C=O) groups is 2. The van der Waals surface area contributed by atoms with Gasteiger partial charge in [0.25, 0.3) is 0 Å². The van der Waals surface area contributed by atoms with Gasteiger partial charge in [-0.2, -0.15) is 0 Å². The van der Waals surface area contributed by atoms with Crippen molar-refractivity contribution in [2.24, 2.45) is 0 Å². The summed E-state index contributed by atoms with van der Waals surface area (Å²) in [5.74, 6) is -1.11. The summed E-state index contributed by atoms with van der Waals surface area (Å²) in [5.41, 5.74) is -0.534. The van der Waals surface area contributed by atoms with Gasteiger partial charge in [0.15, 0.2) is 0 Å². The molecule has 30 heavy (non-hydrogen) atoms. The van der Waals surface area contributed by atoms with Gasteiger partial charge in [0, 0.05) is 24.5 Å². The number of rotatable bonds is 4. The normalized spacial score (nSPS) is 15.9. The van der Waals surface area contributed by atoms with Crippen molar-refractivity contribution in [1.82, 2.24) is 9.62 Å². The van der Waals surface area contributed by atoms with Crippen LogP contribution in [0.5, 0.6) is 0 Å². The summed E-state index contributed by atoms with van der Waals surface area (Å²) in [6, 6.07) is 8.84. The molecule has 1 heterocycles. The summed E-state index contributed by atoms with van der Waals surface area (Å²) in [5, 5.41) is 10.1. The number of hydrogen-bond acceptors (Lipinski definition) is 5. The minimum absolute atomic E-state index is 0.0395. The van der Waals surface area contributed by atoms with Gasteiger partial charge in [-0.25, -0.2) is 22.7 Å². The fourth-order valence-corrected chi connectivity index (χ4v) is 5.00. The number of nitrogens with one attached hydrogen (secondary N) is 1. The van der Waals surface area contributed by atoms with Gasteiger partial charge in [0.2, 0.25) is 10.0 Å². The van der Waals surface area contributed by atoms with E-state index in [4.69, 9.17) is 4.74 Å². The molecule has 1 amide bonds. The quantitative estimate of drug-likeness (QED) is 0.764. The van der Waals surface area contributed by atoms with E-state index in [1.165, 1.54) is 12.1 Å². The van der Waals surface area contributed by atoms with E-state index >= 15 is 0 Å². The van der Waals surface area contributed by atoms with Crippen LogP contribution in [0.3, 0.4) is 0 Å². The Bertz CT molecular complexity index is 1070. The molecule has 1 aliphatic heterocycles. The molecule has 2 aromatic carbocycles. The van der Waals surface area contributed by atoms with E-state index in [-0.39, 0.29) is 16.5 Å². The number of aromatic carboxylic acids is 1. The molecule has 0 saturated carbocycles. The third-order valence-electron chi connectivity index (χ3n) is 4.87. The van der Waals surface area contributed by atoms with E-state index in [9.17, 15) is 23.1 Å². The summed E-state index contributed by atoms with van der Waals surface area (Å²) in [6.45, 7) is 6.17. The largest absolute Gasteiger partial charge is 0.478 e. The van der Waals surface area contributed by atoms with Crippen molar-refractivity contribution in [3.05, 3.63) is 42.0 Å². The maximum absolute atomic E-state index is 13.0. The molecule has 0 unspecified atom stereocenters. The third-order valence-corrected chi connectivity index (χ3v) is 6.45. The molecule has 0 radical (unpaired) electrons. The number of ether oxygens (including phenoxy) is 1. The number of carboxylic acid groups (broad SMARTS) is 1. The lowest BCUT2D eigenvalue weighted by molar-refractivity contribution is 0.0203. The van der Waals surface area contributed by atoms with Crippen LogP contribution in [-0.2, 0) is 14.8 Å². The molecule has 2 N–H and O–H groups in total. The number of fused-ring (bicyclic) bond motifs is 1. The molecule has 3 rings (SSSR count). The molecule has 0 atom stereocenters. The Hall–Kier alpha value is -2.65. The lowest BCUT2D eigenvalue weighted by Gasteiger charge is -2.33. The minimum atomic E-state index is -3.87. The molecular weight excluding hydrogens is 408 g/mol. The predicted octanol–water partition coefficient (Wildman–Crippen LogP) is 3.22. The maximum atomic E-state index is 13.0. The zero-order chi connectivity index (χ0) is 22.1. The van der Waals surface area contributed by atoms with Gasteiger partial charge in [-0.15, -0.1) is 0 Å². The number of benzene rings is 2. The van der Waals surface area contributed by atoms with Crippen LogP contribution < -0.4 is 4.72 Å². The first-order valence-electron chi connectivity index (χ1n) is 9.73. The van der Waals surface area contributed by atoms with Crippen molar-refractivity contribution in [2.45, 2.75) is 50.2 Å². The number of hydrogen-bond donors (Lipinski definition) is 2. The molecule has 1 fully saturated rings. The molecule has 0 spiro atoms. The summed E-state index contributed by atoms with van der Waals surface area (Å²) in [7, 11) is -3.87. The molecule has 0 bridgehead atoms. The van der Waals surface area contributed by atoms with Crippen molar-refractivity contribution >= 4 is 32.9 Å².